The number of carbonyl (C=O) groups excluding carboxylic acids is 1. The fourth-order valence-electron chi connectivity index (χ4n) is 2.37. The van der Waals surface area contributed by atoms with Crippen molar-refractivity contribution < 1.29 is 29.6 Å². The highest BCUT2D eigenvalue weighted by Crippen LogP contribution is 2.30. The molecule has 140 valence electrons. The van der Waals surface area contributed by atoms with Crippen LogP contribution < -0.4 is 10.1 Å². The van der Waals surface area contributed by atoms with Crippen LogP contribution in [0.3, 0.4) is 0 Å². The minimum atomic E-state index is -1.20. The average molecular weight is 361 g/mol. The minimum absolute atomic E-state index is 0.119. The first-order valence-corrected chi connectivity index (χ1v) is 8.19. The fourth-order valence-corrected chi connectivity index (χ4v) is 2.37. The van der Waals surface area contributed by atoms with Gasteiger partial charge in [0.05, 0.1) is 13.2 Å². The van der Waals surface area contributed by atoms with E-state index in [1.54, 1.807) is 6.07 Å². The highest BCUT2D eigenvalue weighted by atomic mass is 16.5. The molecule has 0 aliphatic rings. The lowest BCUT2D eigenvalue weighted by molar-refractivity contribution is 0.0135. The Kier molecular flexibility index (Phi) is 7.25. The van der Waals surface area contributed by atoms with Crippen LogP contribution in [-0.2, 0) is 11.3 Å². The van der Waals surface area contributed by atoms with Crippen LogP contribution in [-0.4, -0.2) is 41.2 Å². The monoisotopic (exact) mass is 361 g/mol. The number of aromatic hydroxyl groups is 1. The van der Waals surface area contributed by atoms with Crippen molar-refractivity contribution in [3.05, 3.63) is 59.7 Å². The van der Waals surface area contributed by atoms with E-state index in [9.17, 15) is 20.1 Å². The van der Waals surface area contributed by atoms with Crippen molar-refractivity contribution >= 4 is 6.09 Å². The zero-order chi connectivity index (χ0) is 18.9. The van der Waals surface area contributed by atoms with Crippen LogP contribution in [0.2, 0.25) is 0 Å². The number of amides is 1. The lowest BCUT2D eigenvalue weighted by atomic mass is 10.0. The van der Waals surface area contributed by atoms with Crippen molar-refractivity contribution in [3.8, 4) is 11.5 Å². The molecule has 1 amide bonds. The van der Waals surface area contributed by atoms with Crippen LogP contribution in [0.25, 0.3) is 0 Å². The summed E-state index contributed by atoms with van der Waals surface area (Å²) in [4.78, 5) is 11.6. The number of phenolic OH excluding ortho intramolecular Hbond substituents is 1. The molecule has 2 atom stereocenters. The Morgan fingerprint density at radius 3 is 2.54 bits per heavy atom. The Morgan fingerprint density at radius 2 is 1.88 bits per heavy atom. The standard InChI is InChI=1S/C19H23NO6/c1-25-17-8-7-14(11-16(17)22)18(23)15(21)9-10-20-19(24)26-12-13-5-3-2-4-6-13/h2-8,11,15,18,21-23H,9-10,12H2,1H3,(H,20,24). The Bertz CT molecular complexity index is 706. The van der Waals surface area contributed by atoms with E-state index >= 15 is 0 Å². The van der Waals surface area contributed by atoms with Crippen LogP contribution in [0.1, 0.15) is 23.7 Å². The molecule has 26 heavy (non-hydrogen) atoms. The maximum atomic E-state index is 11.6. The van der Waals surface area contributed by atoms with E-state index in [0.29, 0.717) is 5.56 Å². The first-order valence-electron chi connectivity index (χ1n) is 8.19. The Morgan fingerprint density at radius 1 is 1.15 bits per heavy atom. The number of methoxy groups -OCH3 is 1. The molecular weight excluding hydrogens is 338 g/mol. The predicted octanol–water partition coefficient (Wildman–Crippen LogP) is 2.11. The maximum absolute atomic E-state index is 11.6. The number of ether oxygens (including phenoxy) is 2. The number of hydrogen-bond donors (Lipinski definition) is 4. The summed E-state index contributed by atoms with van der Waals surface area (Å²) in [5.41, 5.74) is 1.22. The molecule has 0 fully saturated rings. The van der Waals surface area contributed by atoms with E-state index in [1.807, 2.05) is 30.3 Å². The fraction of sp³-hybridized carbons (Fsp3) is 0.316. The van der Waals surface area contributed by atoms with E-state index in [-0.39, 0.29) is 31.1 Å². The first kappa shape index (κ1) is 19.6. The van der Waals surface area contributed by atoms with Gasteiger partial charge in [0.1, 0.15) is 12.7 Å². The van der Waals surface area contributed by atoms with Gasteiger partial charge in [0, 0.05) is 6.54 Å². The van der Waals surface area contributed by atoms with Crippen LogP contribution in [0, 0.1) is 0 Å². The van der Waals surface area contributed by atoms with Gasteiger partial charge in [0.15, 0.2) is 11.5 Å². The number of carbonyl (C=O) groups is 1. The third kappa shape index (κ3) is 5.65. The van der Waals surface area contributed by atoms with Crippen molar-refractivity contribution in [2.45, 2.75) is 25.2 Å². The highest BCUT2D eigenvalue weighted by Gasteiger charge is 2.19. The normalized spacial score (nSPS) is 12.9. The third-order valence-electron chi connectivity index (χ3n) is 3.83. The second kappa shape index (κ2) is 9.65. The maximum Gasteiger partial charge on any atom is 0.407 e. The lowest BCUT2D eigenvalue weighted by Crippen LogP contribution is -2.29. The molecule has 0 spiro atoms. The topological polar surface area (TPSA) is 108 Å². The van der Waals surface area contributed by atoms with Gasteiger partial charge in [-0.25, -0.2) is 4.79 Å². The Hall–Kier alpha value is -2.77. The summed E-state index contributed by atoms with van der Waals surface area (Å²) < 4.78 is 9.99. The molecule has 2 aromatic carbocycles. The molecule has 2 aromatic rings. The smallest absolute Gasteiger partial charge is 0.407 e. The number of aliphatic hydroxyl groups excluding tert-OH is 2. The van der Waals surface area contributed by atoms with Gasteiger partial charge in [0.25, 0.3) is 0 Å². The molecule has 0 aromatic heterocycles. The molecule has 7 heteroatoms. The molecule has 0 bridgehead atoms. The molecule has 0 saturated heterocycles. The number of nitrogens with one attached hydrogen (secondary N) is 1. The predicted molar refractivity (Wildman–Crippen MR) is 94.9 cm³/mol. The Labute approximate surface area is 151 Å². The average Bonchev–Trinajstić information content (AvgIpc) is 2.66. The van der Waals surface area contributed by atoms with Crippen molar-refractivity contribution in [2.75, 3.05) is 13.7 Å². The van der Waals surface area contributed by atoms with E-state index < -0.39 is 18.3 Å². The Balaban J connectivity index is 1.74. The first-order chi connectivity index (χ1) is 12.5. The van der Waals surface area contributed by atoms with Crippen molar-refractivity contribution in [1.29, 1.82) is 0 Å². The second-order valence-corrected chi connectivity index (χ2v) is 5.72. The highest BCUT2D eigenvalue weighted by molar-refractivity contribution is 5.67. The summed E-state index contributed by atoms with van der Waals surface area (Å²) in [5.74, 6) is 0.150. The van der Waals surface area contributed by atoms with E-state index in [2.05, 4.69) is 5.32 Å². The molecule has 7 nitrogen and oxygen atoms in total. The van der Waals surface area contributed by atoms with Crippen LogP contribution in [0.4, 0.5) is 4.79 Å². The molecule has 0 aliphatic heterocycles. The van der Waals surface area contributed by atoms with Crippen molar-refractivity contribution in [3.63, 3.8) is 0 Å². The van der Waals surface area contributed by atoms with Gasteiger partial charge in [-0.05, 0) is 29.7 Å². The SMILES string of the molecule is COc1ccc(C(O)C(O)CCNC(=O)OCc2ccccc2)cc1O. The van der Waals surface area contributed by atoms with E-state index in [4.69, 9.17) is 9.47 Å². The molecule has 2 rings (SSSR count). The summed E-state index contributed by atoms with van der Waals surface area (Å²) in [6.45, 7) is 0.289. The van der Waals surface area contributed by atoms with Crippen molar-refractivity contribution in [2.24, 2.45) is 0 Å². The molecule has 4 N–H and O–H groups in total. The van der Waals surface area contributed by atoms with Gasteiger partial charge in [-0.2, -0.15) is 0 Å². The summed E-state index contributed by atoms with van der Waals surface area (Å²) >= 11 is 0. The number of alkyl carbamates (subject to hydrolysis) is 1. The molecular formula is C19H23NO6. The van der Waals surface area contributed by atoms with E-state index in [0.717, 1.165) is 5.56 Å². The zero-order valence-corrected chi connectivity index (χ0v) is 14.5. The number of hydrogen-bond acceptors (Lipinski definition) is 6. The zero-order valence-electron chi connectivity index (χ0n) is 14.5. The third-order valence-corrected chi connectivity index (χ3v) is 3.83. The molecule has 0 saturated carbocycles. The number of rotatable bonds is 8. The van der Waals surface area contributed by atoms with Gasteiger partial charge in [0.2, 0.25) is 0 Å². The number of phenols is 1. The van der Waals surface area contributed by atoms with Crippen molar-refractivity contribution in [1.82, 2.24) is 5.32 Å². The summed E-state index contributed by atoms with van der Waals surface area (Å²) in [6, 6.07) is 13.6. The van der Waals surface area contributed by atoms with Gasteiger partial charge in [-0.3, -0.25) is 0 Å². The molecule has 0 heterocycles. The van der Waals surface area contributed by atoms with Crippen LogP contribution in [0.5, 0.6) is 11.5 Å². The molecule has 0 radical (unpaired) electrons. The number of benzene rings is 2. The van der Waals surface area contributed by atoms with Gasteiger partial charge in [-0.15, -0.1) is 0 Å². The minimum Gasteiger partial charge on any atom is -0.504 e. The quantitative estimate of drug-likeness (QED) is 0.573. The van der Waals surface area contributed by atoms with Crippen LogP contribution in [0.15, 0.2) is 48.5 Å². The molecule has 2 unspecified atom stereocenters. The van der Waals surface area contributed by atoms with Crippen LogP contribution >= 0.6 is 0 Å². The van der Waals surface area contributed by atoms with Gasteiger partial charge in [-0.1, -0.05) is 36.4 Å². The summed E-state index contributed by atoms with van der Waals surface area (Å²) in [5, 5.41) is 32.5. The largest absolute Gasteiger partial charge is 0.504 e. The summed E-state index contributed by atoms with van der Waals surface area (Å²) in [7, 11) is 1.42. The lowest BCUT2D eigenvalue weighted by Gasteiger charge is -2.19. The molecule has 0 aliphatic carbocycles. The van der Waals surface area contributed by atoms with E-state index in [1.165, 1.54) is 19.2 Å². The second-order valence-electron chi connectivity index (χ2n) is 5.72. The van der Waals surface area contributed by atoms with Gasteiger partial charge < -0.3 is 30.1 Å². The summed E-state index contributed by atoms with van der Waals surface area (Å²) in [6.07, 6.45) is -2.79. The van der Waals surface area contributed by atoms with Gasteiger partial charge >= 0.3 is 6.09 Å². The number of aliphatic hydroxyl groups is 2.